The number of rotatable bonds is 5. The van der Waals surface area contributed by atoms with Crippen LogP contribution in [0.3, 0.4) is 0 Å². The molecule has 2 aromatic rings. The molecule has 0 atom stereocenters. The summed E-state index contributed by atoms with van der Waals surface area (Å²) in [5.41, 5.74) is 0.374. The summed E-state index contributed by atoms with van der Waals surface area (Å²) in [6, 6.07) is 8.31. The van der Waals surface area contributed by atoms with Gasteiger partial charge in [0.1, 0.15) is 10.7 Å². The molecule has 27 heavy (non-hydrogen) atoms. The highest BCUT2D eigenvalue weighted by Crippen LogP contribution is 2.25. The number of aromatic nitrogens is 1. The van der Waals surface area contributed by atoms with Crippen molar-refractivity contribution in [2.24, 2.45) is 0 Å². The first-order valence-electron chi connectivity index (χ1n) is 8.56. The molecule has 144 valence electrons. The second-order valence-electron chi connectivity index (χ2n) is 5.94. The van der Waals surface area contributed by atoms with Crippen molar-refractivity contribution < 1.29 is 22.3 Å². The van der Waals surface area contributed by atoms with E-state index in [0.29, 0.717) is 12.2 Å². The SMILES string of the molecule is CCOc1ncccc1S(=O)(=O)N1CCN(C(=O)c2ccc(F)cc2)CC1. The number of ether oxygens (including phenoxy) is 1. The number of sulfonamides is 1. The molecule has 1 aliphatic heterocycles. The molecular weight excluding hydrogens is 373 g/mol. The molecule has 7 nitrogen and oxygen atoms in total. The summed E-state index contributed by atoms with van der Waals surface area (Å²) in [4.78, 5) is 18.1. The predicted molar refractivity (Wildman–Crippen MR) is 96.5 cm³/mol. The average Bonchev–Trinajstić information content (AvgIpc) is 2.69. The fourth-order valence-electron chi connectivity index (χ4n) is 2.86. The molecule has 0 aliphatic carbocycles. The van der Waals surface area contributed by atoms with Crippen LogP contribution in [0.2, 0.25) is 0 Å². The summed E-state index contributed by atoms with van der Waals surface area (Å²) in [6.45, 7) is 2.88. The summed E-state index contributed by atoms with van der Waals surface area (Å²) in [7, 11) is -3.78. The Morgan fingerprint density at radius 3 is 2.44 bits per heavy atom. The van der Waals surface area contributed by atoms with Gasteiger partial charge in [-0.1, -0.05) is 0 Å². The number of carbonyl (C=O) groups is 1. The molecular formula is C18H20FN3O4S. The van der Waals surface area contributed by atoms with Crippen LogP contribution in [0.1, 0.15) is 17.3 Å². The van der Waals surface area contributed by atoms with Crippen LogP contribution in [0.15, 0.2) is 47.5 Å². The Bertz CT molecular complexity index is 910. The first kappa shape index (κ1) is 19.2. The van der Waals surface area contributed by atoms with Gasteiger partial charge in [-0.15, -0.1) is 0 Å². The molecule has 1 aromatic heterocycles. The normalized spacial score (nSPS) is 15.6. The lowest BCUT2D eigenvalue weighted by Gasteiger charge is -2.34. The number of carbonyl (C=O) groups excluding carboxylic acids is 1. The molecule has 3 rings (SSSR count). The number of piperazine rings is 1. The van der Waals surface area contributed by atoms with E-state index in [2.05, 4.69) is 4.98 Å². The predicted octanol–water partition coefficient (Wildman–Crippen LogP) is 1.77. The molecule has 9 heteroatoms. The van der Waals surface area contributed by atoms with E-state index >= 15 is 0 Å². The third-order valence-corrected chi connectivity index (χ3v) is 6.16. The van der Waals surface area contributed by atoms with E-state index in [1.807, 2.05) is 0 Å². The van der Waals surface area contributed by atoms with Crippen molar-refractivity contribution in [3.8, 4) is 5.88 Å². The molecule has 0 bridgehead atoms. The third kappa shape index (κ3) is 4.09. The van der Waals surface area contributed by atoms with Crippen molar-refractivity contribution in [2.75, 3.05) is 32.8 Å². The van der Waals surface area contributed by atoms with E-state index in [1.165, 1.54) is 40.8 Å². The first-order chi connectivity index (χ1) is 12.9. The van der Waals surface area contributed by atoms with E-state index in [1.54, 1.807) is 17.9 Å². The van der Waals surface area contributed by atoms with Crippen molar-refractivity contribution in [1.29, 1.82) is 0 Å². The van der Waals surface area contributed by atoms with Crippen LogP contribution in [0.4, 0.5) is 4.39 Å². The lowest BCUT2D eigenvalue weighted by atomic mass is 10.2. The molecule has 1 saturated heterocycles. The van der Waals surface area contributed by atoms with Crippen molar-refractivity contribution in [1.82, 2.24) is 14.2 Å². The maximum atomic E-state index is 13.0. The number of hydrogen-bond donors (Lipinski definition) is 0. The van der Waals surface area contributed by atoms with Gasteiger partial charge in [0.2, 0.25) is 15.9 Å². The monoisotopic (exact) mass is 393 g/mol. The van der Waals surface area contributed by atoms with Crippen molar-refractivity contribution in [3.05, 3.63) is 54.0 Å². The van der Waals surface area contributed by atoms with E-state index < -0.39 is 15.8 Å². The largest absolute Gasteiger partial charge is 0.477 e. The summed E-state index contributed by atoms with van der Waals surface area (Å²) < 4.78 is 45.5. The fourth-order valence-corrected chi connectivity index (χ4v) is 4.37. The van der Waals surface area contributed by atoms with Gasteiger partial charge in [-0.05, 0) is 43.3 Å². The van der Waals surface area contributed by atoms with Gasteiger partial charge in [-0.3, -0.25) is 4.79 Å². The van der Waals surface area contributed by atoms with Crippen LogP contribution in [0.25, 0.3) is 0 Å². The maximum Gasteiger partial charge on any atom is 0.253 e. The Hall–Kier alpha value is -2.52. The fraction of sp³-hybridized carbons (Fsp3) is 0.333. The van der Waals surface area contributed by atoms with Gasteiger partial charge >= 0.3 is 0 Å². The molecule has 1 aliphatic rings. The van der Waals surface area contributed by atoms with Gasteiger partial charge in [-0.2, -0.15) is 4.31 Å². The molecule has 2 heterocycles. The van der Waals surface area contributed by atoms with Gasteiger partial charge in [0.25, 0.3) is 5.91 Å². The average molecular weight is 393 g/mol. The van der Waals surface area contributed by atoms with E-state index in [0.717, 1.165) is 0 Å². The summed E-state index contributed by atoms with van der Waals surface area (Å²) in [5, 5.41) is 0. The minimum absolute atomic E-state index is 0.0187. The third-order valence-electron chi connectivity index (χ3n) is 4.25. The van der Waals surface area contributed by atoms with Crippen LogP contribution in [-0.2, 0) is 10.0 Å². The Morgan fingerprint density at radius 2 is 1.81 bits per heavy atom. The van der Waals surface area contributed by atoms with Crippen molar-refractivity contribution in [2.45, 2.75) is 11.8 Å². The molecule has 0 unspecified atom stereocenters. The number of nitrogens with zero attached hydrogens (tertiary/aromatic N) is 3. The molecule has 1 amide bonds. The Labute approximate surface area is 157 Å². The zero-order valence-electron chi connectivity index (χ0n) is 14.8. The smallest absolute Gasteiger partial charge is 0.253 e. The van der Waals surface area contributed by atoms with Crippen molar-refractivity contribution >= 4 is 15.9 Å². The molecule has 1 fully saturated rings. The summed E-state index contributed by atoms with van der Waals surface area (Å²) in [5.74, 6) is -0.586. The van der Waals surface area contributed by atoms with Gasteiger partial charge in [-0.25, -0.2) is 17.8 Å². The molecule has 0 spiro atoms. The zero-order valence-corrected chi connectivity index (χ0v) is 15.7. The molecule has 0 N–H and O–H groups in total. The number of pyridine rings is 1. The highest BCUT2D eigenvalue weighted by molar-refractivity contribution is 7.89. The van der Waals surface area contributed by atoms with E-state index in [4.69, 9.17) is 4.74 Å². The minimum atomic E-state index is -3.78. The lowest BCUT2D eigenvalue weighted by Crippen LogP contribution is -2.50. The van der Waals surface area contributed by atoms with E-state index in [-0.39, 0.29) is 42.9 Å². The second kappa shape index (κ2) is 8.01. The summed E-state index contributed by atoms with van der Waals surface area (Å²) in [6.07, 6.45) is 1.48. The molecule has 0 radical (unpaired) electrons. The topological polar surface area (TPSA) is 79.8 Å². The summed E-state index contributed by atoms with van der Waals surface area (Å²) >= 11 is 0. The highest BCUT2D eigenvalue weighted by atomic mass is 32.2. The Balaban J connectivity index is 1.71. The Kier molecular flexibility index (Phi) is 5.71. The van der Waals surface area contributed by atoms with Crippen LogP contribution < -0.4 is 4.74 Å². The standard InChI is InChI=1S/C18H20FN3O4S/c1-2-26-17-16(4-3-9-20-17)27(24,25)22-12-10-21(11-13-22)18(23)14-5-7-15(19)8-6-14/h3-9H,2,10-13H2,1H3. The van der Waals surface area contributed by atoms with Gasteiger partial charge < -0.3 is 9.64 Å². The van der Waals surface area contributed by atoms with Crippen LogP contribution >= 0.6 is 0 Å². The van der Waals surface area contributed by atoms with Crippen LogP contribution in [0, 0.1) is 5.82 Å². The first-order valence-corrected chi connectivity index (χ1v) is 10.0. The van der Waals surface area contributed by atoms with Crippen molar-refractivity contribution in [3.63, 3.8) is 0 Å². The Morgan fingerprint density at radius 1 is 1.15 bits per heavy atom. The van der Waals surface area contributed by atoms with Gasteiger partial charge in [0.15, 0.2) is 0 Å². The second-order valence-corrected chi connectivity index (χ2v) is 7.85. The minimum Gasteiger partial charge on any atom is -0.477 e. The number of hydrogen-bond acceptors (Lipinski definition) is 5. The number of halogens is 1. The van der Waals surface area contributed by atoms with Gasteiger partial charge in [0.05, 0.1) is 6.61 Å². The van der Waals surface area contributed by atoms with E-state index in [9.17, 15) is 17.6 Å². The molecule has 0 saturated carbocycles. The zero-order chi connectivity index (χ0) is 19.4. The van der Waals surface area contributed by atoms with Crippen LogP contribution in [0.5, 0.6) is 5.88 Å². The number of benzene rings is 1. The molecule has 1 aromatic carbocycles. The lowest BCUT2D eigenvalue weighted by molar-refractivity contribution is 0.0697. The van der Waals surface area contributed by atoms with Gasteiger partial charge in [0, 0.05) is 37.9 Å². The van der Waals surface area contributed by atoms with Crippen LogP contribution in [-0.4, -0.2) is 61.3 Å². The highest BCUT2D eigenvalue weighted by Gasteiger charge is 2.32. The number of amides is 1. The maximum absolute atomic E-state index is 13.0. The quantitative estimate of drug-likeness (QED) is 0.774.